The number of rotatable bonds is 5. The average molecular weight is 294 g/mol. The first kappa shape index (κ1) is 14.2. The molecule has 0 aliphatic carbocycles. The minimum absolute atomic E-state index is 0.907. The van der Waals surface area contributed by atoms with Gasteiger partial charge >= 0.3 is 0 Å². The Bertz CT molecular complexity index is 335. The van der Waals surface area contributed by atoms with Crippen molar-refractivity contribution >= 4 is 51.4 Å². The molecule has 0 atom stereocenters. The number of nitrogens with zero attached hydrogens (tertiary/aromatic N) is 3. The standard InChI is InChI=1S/C9H15N3S4/c1-4-12(5-2)9(13)15-6-14-8-11-10-7(3)16-8/h4-6H2,1-3H3. The Kier molecular flexibility index (Phi) is 6.64. The quantitative estimate of drug-likeness (QED) is 0.470. The maximum Gasteiger partial charge on any atom is 0.175 e. The van der Waals surface area contributed by atoms with Crippen LogP contribution >= 0.6 is 47.1 Å². The van der Waals surface area contributed by atoms with Gasteiger partial charge in [0, 0.05) is 13.1 Å². The second-order valence-electron chi connectivity index (χ2n) is 2.93. The molecule has 1 aromatic heterocycles. The summed E-state index contributed by atoms with van der Waals surface area (Å²) in [6.07, 6.45) is 0. The van der Waals surface area contributed by atoms with Gasteiger partial charge in [-0.25, -0.2) is 0 Å². The van der Waals surface area contributed by atoms with Gasteiger partial charge in [0.15, 0.2) is 4.34 Å². The number of aromatic nitrogens is 2. The van der Waals surface area contributed by atoms with E-state index in [9.17, 15) is 0 Å². The first-order chi connectivity index (χ1) is 7.67. The van der Waals surface area contributed by atoms with Gasteiger partial charge in [0.25, 0.3) is 0 Å². The van der Waals surface area contributed by atoms with Crippen LogP contribution in [0.5, 0.6) is 0 Å². The SMILES string of the molecule is CCN(CC)C(=S)SCSc1nnc(C)s1. The van der Waals surface area contributed by atoms with E-state index in [1.807, 2.05) is 6.92 Å². The fourth-order valence-electron chi connectivity index (χ4n) is 1.04. The van der Waals surface area contributed by atoms with Crippen molar-refractivity contribution < 1.29 is 0 Å². The van der Waals surface area contributed by atoms with E-state index in [-0.39, 0.29) is 0 Å². The summed E-state index contributed by atoms with van der Waals surface area (Å²) in [6.45, 7) is 8.17. The number of hydrogen-bond donors (Lipinski definition) is 0. The van der Waals surface area contributed by atoms with Crippen molar-refractivity contribution in [3.63, 3.8) is 0 Å². The van der Waals surface area contributed by atoms with Crippen molar-refractivity contribution in [2.45, 2.75) is 25.1 Å². The molecule has 3 nitrogen and oxygen atoms in total. The van der Waals surface area contributed by atoms with Crippen LogP contribution in [0.25, 0.3) is 0 Å². The first-order valence-corrected chi connectivity index (χ1v) is 8.21. The Morgan fingerprint density at radius 3 is 2.56 bits per heavy atom. The highest BCUT2D eigenvalue weighted by Crippen LogP contribution is 2.26. The minimum Gasteiger partial charge on any atom is -0.358 e. The first-order valence-electron chi connectivity index (χ1n) is 5.02. The van der Waals surface area contributed by atoms with Crippen molar-refractivity contribution in [1.82, 2.24) is 15.1 Å². The lowest BCUT2D eigenvalue weighted by atomic mass is 10.6. The maximum absolute atomic E-state index is 5.34. The zero-order chi connectivity index (χ0) is 12.0. The zero-order valence-corrected chi connectivity index (χ0v) is 12.9. The highest BCUT2D eigenvalue weighted by molar-refractivity contribution is 8.29. The van der Waals surface area contributed by atoms with Crippen molar-refractivity contribution in [3.8, 4) is 0 Å². The number of hydrogen-bond acceptors (Lipinski definition) is 6. The third kappa shape index (κ3) is 4.57. The molecule has 0 unspecified atom stereocenters. The minimum atomic E-state index is 0.907. The van der Waals surface area contributed by atoms with E-state index in [0.29, 0.717) is 0 Å². The van der Waals surface area contributed by atoms with Gasteiger partial charge in [0.1, 0.15) is 9.33 Å². The molecular formula is C9H15N3S4. The summed E-state index contributed by atoms with van der Waals surface area (Å²) in [5.74, 6) is 0. The summed E-state index contributed by atoms with van der Waals surface area (Å²) in [4.78, 5) is 2.19. The summed E-state index contributed by atoms with van der Waals surface area (Å²) < 4.78 is 1.99. The summed E-state index contributed by atoms with van der Waals surface area (Å²) in [6, 6.07) is 0. The third-order valence-electron chi connectivity index (χ3n) is 1.89. The van der Waals surface area contributed by atoms with Crippen LogP contribution in [-0.2, 0) is 0 Å². The largest absolute Gasteiger partial charge is 0.358 e. The predicted molar refractivity (Wildman–Crippen MR) is 78.5 cm³/mol. The molecule has 0 N–H and O–H groups in total. The molecule has 0 amide bonds. The fraction of sp³-hybridized carbons (Fsp3) is 0.667. The topological polar surface area (TPSA) is 29.0 Å². The van der Waals surface area contributed by atoms with Crippen LogP contribution in [0.1, 0.15) is 18.9 Å². The van der Waals surface area contributed by atoms with Gasteiger partial charge < -0.3 is 4.90 Å². The molecule has 0 fully saturated rings. The molecule has 0 saturated carbocycles. The van der Waals surface area contributed by atoms with E-state index in [1.54, 1.807) is 34.9 Å². The van der Waals surface area contributed by atoms with E-state index >= 15 is 0 Å². The van der Waals surface area contributed by atoms with Gasteiger partial charge in [-0.1, -0.05) is 47.1 Å². The summed E-state index contributed by atoms with van der Waals surface area (Å²) >= 11 is 10.4. The van der Waals surface area contributed by atoms with Crippen molar-refractivity contribution in [3.05, 3.63) is 5.01 Å². The van der Waals surface area contributed by atoms with Crippen LogP contribution in [0.2, 0.25) is 0 Å². The van der Waals surface area contributed by atoms with Crippen LogP contribution < -0.4 is 0 Å². The number of thioether (sulfide) groups is 2. The van der Waals surface area contributed by atoms with Crippen LogP contribution in [0.4, 0.5) is 0 Å². The normalized spacial score (nSPS) is 10.4. The Morgan fingerprint density at radius 2 is 2.06 bits per heavy atom. The van der Waals surface area contributed by atoms with Crippen molar-refractivity contribution in [2.24, 2.45) is 0 Å². The molecule has 0 bridgehead atoms. The molecule has 1 aromatic rings. The highest BCUT2D eigenvalue weighted by atomic mass is 32.2. The van der Waals surface area contributed by atoms with Gasteiger partial charge in [0.05, 0.1) is 5.08 Å². The van der Waals surface area contributed by atoms with E-state index < -0.39 is 0 Å². The van der Waals surface area contributed by atoms with E-state index in [0.717, 1.165) is 31.8 Å². The Labute approximate surface area is 114 Å². The number of thiocarbonyl (C=S) groups is 1. The lowest BCUT2D eigenvalue weighted by molar-refractivity contribution is 0.482. The Hall–Kier alpha value is 0.150. The van der Waals surface area contributed by atoms with Gasteiger partial charge in [-0.05, 0) is 20.8 Å². The second-order valence-corrected chi connectivity index (χ2v) is 7.31. The van der Waals surface area contributed by atoms with E-state index in [2.05, 4.69) is 28.9 Å². The molecule has 7 heteroatoms. The molecule has 16 heavy (non-hydrogen) atoms. The molecule has 0 aromatic carbocycles. The molecule has 0 aliphatic rings. The number of aryl methyl sites for hydroxylation is 1. The second kappa shape index (κ2) is 7.47. The summed E-state index contributed by atoms with van der Waals surface area (Å²) in [5.41, 5.74) is 0. The molecule has 0 aliphatic heterocycles. The monoisotopic (exact) mass is 293 g/mol. The van der Waals surface area contributed by atoms with Crippen molar-refractivity contribution in [2.75, 3.05) is 18.2 Å². The van der Waals surface area contributed by atoms with Crippen LogP contribution in [0.3, 0.4) is 0 Å². The van der Waals surface area contributed by atoms with Crippen LogP contribution in [0, 0.1) is 6.92 Å². The molecule has 1 rings (SSSR count). The maximum atomic E-state index is 5.34. The predicted octanol–water partition coefficient (Wildman–Crippen LogP) is 3.26. The fourth-order valence-corrected chi connectivity index (χ4v) is 4.76. The third-order valence-corrected chi connectivity index (χ3v) is 5.52. The van der Waals surface area contributed by atoms with Gasteiger partial charge in [-0.3, -0.25) is 0 Å². The zero-order valence-electron chi connectivity index (χ0n) is 9.60. The smallest absolute Gasteiger partial charge is 0.175 e. The Balaban J connectivity index is 2.27. The molecule has 0 spiro atoms. The van der Waals surface area contributed by atoms with Crippen LogP contribution in [-0.4, -0.2) is 37.6 Å². The highest BCUT2D eigenvalue weighted by Gasteiger charge is 2.07. The van der Waals surface area contributed by atoms with Gasteiger partial charge in [-0.15, -0.1) is 10.2 Å². The summed E-state index contributed by atoms with van der Waals surface area (Å²) in [5, 5.41) is 9.96. The molecular weight excluding hydrogens is 278 g/mol. The molecule has 1 heterocycles. The van der Waals surface area contributed by atoms with Gasteiger partial charge in [0.2, 0.25) is 0 Å². The molecule has 90 valence electrons. The average Bonchev–Trinajstić information content (AvgIpc) is 2.66. The lowest BCUT2D eigenvalue weighted by Crippen LogP contribution is -2.26. The molecule has 0 radical (unpaired) electrons. The molecule has 0 saturated heterocycles. The summed E-state index contributed by atoms with van der Waals surface area (Å²) in [7, 11) is 0. The van der Waals surface area contributed by atoms with E-state index in [1.165, 1.54) is 0 Å². The van der Waals surface area contributed by atoms with Crippen molar-refractivity contribution in [1.29, 1.82) is 0 Å². The van der Waals surface area contributed by atoms with E-state index in [4.69, 9.17) is 12.2 Å². The Morgan fingerprint density at radius 1 is 1.38 bits per heavy atom. The lowest BCUT2D eigenvalue weighted by Gasteiger charge is -2.20. The van der Waals surface area contributed by atoms with Crippen LogP contribution in [0.15, 0.2) is 4.34 Å². The van der Waals surface area contributed by atoms with Gasteiger partial charge in [-0.2, -0.15) is 0 Å².